The highest BCUT2D eigenvalue weighted by atomic mass is 16.5. The van der Waals surface area contributed by atoms with Gasteiger partial charge in [0.1, 0.15) is 0 Å². The van der Waals surface area contributed by atoms with Gasteiger partial charge in [0.2, 0.25) is 11.8 Å². The summed E-state index contributed by atoms with van der Waals surface area (Å²) in [5, 5.41) is 16.9. The minimum Gasteiger partial charge on any atom is -0.481 e. The molecule has 2 unspecified atom stereocenters. The average Bonchev–Trinajstić information content (AvgIpc) is 2.96. The van der Waals surface area contributed by atoms with Crippen LogP contribution >= 0.6 is 0 Å². The van der Waals surface area contributed by atoms with Crippen LogP contribution in [0.5, 0.6) is 0 Å². The molecule has 0 aliphatic carbocycles. The number of aliphatic carboxylic acids is 1. The molecule has 18 heavy (non-hydrogen) atoms. The molecule has 1 saturated heterocycles. The second-order valence-electron chi connectivity index (χ2n) is 4.41. The van der Waals surface area contributed by atoms with Crippen LogP contribution < -0.4 is 0 Å². The summed E-state index contributed by atoms with van der Waals surface area (Å²) >= 11 is 0. The molecule has 100 valence electrons. The van der Waals surface area contributed by atoms with Crippen molar-refractivity contribution >= 4 is 5.97 Å². The zero-order valence-corrected chi connectivity index (χ0v) is 10.5. The molecule has 1 N–H and O–H groups in total. The lowest BCUT2D eigenvalue weighted by Gasteiger charge is -2.24. The Hall–Kier alpha value is -1.47. The Morgan fingerprint density at radius 1 is 1.44 bits per heavy atom. The summed E-state index contributed by atoms with van der Waals surface area (Å²) < 4.78 is 10.6. The van der Waals surface area contributed by atoms with Crippen LogP contribution in [0.2, 0.25) is 0 Å². The second kappa shape index (κ2) is 5.45. The summed E-state index contributed by atoms with van der Waals surface area (Å²) in [5.41, 5.74) is 0. The van der Waals surface area contributed by atoms with E-state index in [1.54, 1.807) is 0 Å². The number of aryl methyl sites for hydroxylation is 1. The number of nitrogens with zero attached hydrogens (tertiary/aromatic N) is 3. The fourth-order valence-corrected chi connectivity index (χ4v) is 2.04. The van der Waals surface area contributed by atoms with Crippen molar-refractivity contribution in [2.24, 2.45) is 5.92 Å². The van der Waals surface area contributed by atoms with Crippen LogP contribution in [-0.2, 0) is 22.5 Å². The van der Waals surface area contributed by atoms with Crippen LogP contribution in [0.15, 0.2) is 4.42 Å². The van der Waals surface area contributed by atoms with Gasteiger partial charge in [0.15, 0.2) is 0 Å². The fraction of sp³-hybridized carbons (Fsp3) is 0.727. The molecule has 1 aromatic heterocycles. The van der Waals surface area contributed by atoms with E-state index in [2.05, 4.69) is 10.2 Å². The van der Waals surface area contributed by atoms with Crippen molar-refractivity contribution in [2.45, 2.75) is 25.9 Å². The van der Waals surface area contributed by atoms with E-state index in [1.807, 2.05) is 18.9 Å². The molecule has 2 rings (SSSR count). The van der Waals surface area contributed by atoms with E-state index in [0.29, 0.717) is 31.4 Å². The van der Waals surface area contributed by atoms with Gasteiger partial charge >= 0.3 is 5.97 Å². The first-order valence-corrected chi connectivity index (χ1v) is 5.93. The monoisotopic (exact) mass is 255 g/mol. The lowest BCUT2D eigenvalue weighted by atomic mass is 10.0. The average molecular weight is 255 g/mol. The summed E-state index contributed by atoms with van der Waals surface area (Å²) in [5.74, 6) is -0.228. The molecule has 0 aromatic carbocycles. The maximum atomic E-state index is 11.1. The molecule has 2 heterocycles. The van der Waals surface area contributed by atoms with Crippen LogP contribution in [0.3, 0.4) is 0 Å². The number of hydrogen-bond acceptors (Lipinski definition) is 6. The number of ether oxygens (including phenoxy) is 1. The van der Waals surface area contributed by atoms with Crippen molar-refractivity contribution in [3.05, 3.63) is 11.8 Å². The van der Waals surface area contributed by atoms with Crippen LogP contribution in [0.25, 0.3) is 0 Å². The lowest BCUT2D eigenvalue weighted by molar-refractivity contribution is -0.143. The number of rotatable bonds is 5. The Morgan fingerprint density at radius 2 is 2.17 bits per heavy atom. The molecular formula is C11H17N3O4. The molecule has 2 atom stereocenters. The molecular weight excluding hydrogens is 238 g/mol. The third-order valence-corrected chi connectivity index (χ3v) is 3.13. The van der Waals surface area contributed by atoms with E-state index in [0.717, 1.165) is 0 Å². The first kappa shape index (κ1) is 13.0. The quantitative estimate of drug-likeness (QED) is 0.801. The predicted molar refractivity (Wildman–Crippen MR) is 60.9 cm³/mol. The molecule has 0 radical (unpaired) electrons. The van der Waals surface area contributed by atoms with Crippen molar-refractivity contribution in [3.63, 3.8) is 0 Å². The van der Waals surface area contributed by atoms with Gasteiger partial charge in [-0.25, -0.2) is 0 Å². The summed E-state index contributed by atoms with van der Waals surface area (Å²) in [6.07, 6.45) is 0.695. The summed E-state index contributed by atoms with van der Waals surface area (Å²) in [7, 11) is 1.84. The Morgan fingerprint density at radius 3 is 2.78 bits per heavy atom. The van der Waals surface area contributed by atoms with Crippen molar-refractivity contribution < 1.29 is 19.1 Å². The summed E-state index contributed by atoms with van der Waals surface area (Å²) in [6, 6.07) is -0.153. The predicted octanol–water partition coefficient (Wildman–Crippen LogP) is 0.163. The molecule has 7 nitrogen and oxygen atoms in total. The van der Waals surface area contributed by atoms with E-state index >= 15 is 0 Å². The number of carbonyl (C=O) groups is 1. The van der Waals surface area contributed by atoms with Crippen LogP contribution in [-0.4, -0.2) is 52.5 Å². The van der Waals surface area contributed by atoms with Gasteiger partial charge in [0, 0.05) is 12.5 Å². The van der Waals surface area contributed by atoms with Gasteiger partial charge in [0.25, 0.3) is 0 Å². The lowest BCUT2D eigenvalue weighted by Crippen LogP contribution is -2.40. The van der Waals surface area contributed by atoms with Gasteiger partial charge in [-0.1, -0.05) is 6.92 Å². The van der Waals surface area contributed by atoms with Gasteiger partial charge in [-0.05, 0) is 7.05 Å². The maximum absolute atomic E-state index is 11.1. The molecule has 0 spiro atoms. The van der Waals surface area contributed by atoms with Crippen molar-refractivity contribution in [2.75, 3.05) is 20.3 Å². The van der Waals surface area contributed by atoms with E-state index in [4.69, 9.17) is 14.3 Å². The Labute approximate surface area is 105 Å². The topological polar surface area (TPSA) is 88.7 Å². The SMILES string of the molecule is CCc1nnc(CN(C)C2COCC2C(=O)O)o1. The minimum absolute atomic E-state index is 0.153. The van der Waals surface area contributed by atoms with Crippen LogP contribution in [0, 0.1) is 5.92 Å². The molecule has 0 bridgehead atoms. The number of carboxylic acids is 1. The highest BCUT2D eigenvalue weighted by Gasteiger charge is 2.37. The van der Waals surface area contributed by atoms with Gasteiger partial charge in [-0.15, -0.1) is 10.2 Å². The van der Waals surface area contributed by atoms with Gasteiger partial charge in [-0.2, -0.15) is 0 Å². The minimum atomic E-state index is -0.830. The number of likely N-dealkylation sites (N-methyl/N-ethyl adjacent to an activating group) is 1. The highest BCUT2D eigenvalue weighted by Crippen LogP contribution is 2.20. The van der Waals surface area contributed by atoms with Crippen molar-refractivity contribution in [3.8, 4) is 0 Å². The second-order valence-corrected chi connectivity index (χ2v) is 4.41. The third-order valence-electron chi connectivity index (χ3n) is 3.13. The number of hydrogen-bond donors (Lipinski definition) is 1. The molecule has 1 aromatic rings. The zero-order valence-electron chi connectivity index (χ0n) is 10.5. The molecule has 7 heteroatoms. The normalized spacial score (nSPS) is 23.7. The van der Waals surface area contributed by atoms with E-state index in [1.165, 1.54) is 0 Å². The maximum Gasteiger partial charge on any atom is 0.310 e. The Bertz CT molecular complexity index is 420. The first-order chi connectivity index (χ1) is 8.61. The van der Waals surface area contributed by atoms with E-state index in [9.17, 15) is 4.79 Å². The Kier molecular flexibility index (Phi) is 3.93. The molecule has 1 aliphatic heterocycles. The van der Waals surface area contributed by atoms with E-state index < -0.39 is 11.9 Å². The van der Waals surface area contributed by atoms with Crippen molar-refractivity contribution in [1.82, 2.24) is 15.1 Å². The number of aromatic nitrogens is 2. The molecule has 0 saturated carbocycles. The highest BCUT2D eigenvalue weighted by molar-refractivity contribution is 5.71. The van der Waals surface area contributed by atoms with Crippen LogP contribution in [0.1, 0.15) is 18.7 Å². The van der Waals surface area contributed by atoms with Gasteiger partial charge in [-0.3, -0.25) is 9.69 Å². The molecule has 1 aliphatic rings. The first-order valence-electron chi connectivity index (χ1n) is 5.93. The van der Waals surface area contributed by atoms with Crippen molar-refractivity contribution in [1.29, 1.82) is 0 Å². The summed E-state index contributed by atoms with van der Waals surface area (Å²) in [4.78, 5) is 12.9. The fourth-order valence-electron chi connectivity index (χ4n) is 2.04. The largest absolute Gasteiger partial charge is 0.481 e. The Balaban J connectivity index is 1.98. The molecule has 0 amide bonds. The molecule has 1 fully saturated rings. The zero-order chi connectivity index (χ0) is 13.1. The smallest absolute Gasteiger partial charge is 0.310 e. The standard InChI is InChI=1S/C11H17N3O4/c1-3-9-12-13-10(18-9)4-14(2)8-6-17-5-7(8)11(15)16/h7-8H,3-6H2,1-2H3,(H,15,16). The van der Waals surface area contributed by atoms with Gasteiger partial charge in [0.05, 0.1) is 25.7 Å². The van der Waals surface area contributed by atoms with E-state index in [-0.39, 0.29) is 12.6 Å². The van der Waals surface area contributed by atoms with Crippen LogP contribution in [0.4, 0.5) is 0 Å². The third kappa shape index (κ3) is 2.68. The number of carboxylic acid groups (broad SMARTS) is 1. The summed E-state index contributed by atoms with van der Waals surface area (Å²) in [6.45, 7) is 3.05. The van der Waals surface area contributed by atoms with Gasteiger partial charge < -0.3 is 14.3 Å².